The maximum atomic E-state index is 5.95. The van der Waals surface area contributed by atoms with Crippen molar-refractivity contribution in [3.8, 4) is 0 Å². The lowest BCUT2D eigenvalue weighted by atomic mass is 10.1. The average Bonchev–Trinajstić information content (AvgIpc) is 2.77. The van der Waals surface area contributed by atoms with Crippen LogP contribution in [0.25, 0.3) is 0 Å². The molecule has 1 aromatic heterocycles. The molecule has 0 fully saturated rings. The van der Waals surface area contributed by atoms with E-state index in [4.69, 9.17) is 11.6 Å². The van der Waals surface area contributed by atoms with Crippen molar-refractivity contribution in [1.82, 2.24) is 10.2 Å². The molecule has 0 atom stereocenters. The third kappa shape index (κ3) is 4.62. The minimum atomic E-state index is 0.861. The first-order valence-electron chi connectivity index (χ1n) is 6.32. The van der Waals surface area contributed by atoms with Crippen molar-refractivity contribution < 1.29 is 0 Å². The van der Waals surface area contributed by atoms with Gasteiger partial charge in [0, 0.05) is 24.5 Å². The molecule has 19 heavy (non-hydrogen) atoms. The van der Waals surface area contributed by atoms with E-state index in [0.29, 0.717) is 0 Å². The summed E-state index contributed by atoms with van der Waals surface area (Å²) in [6, 6.07) is 12.8. The van der Waals surface area contributed by atoms with Gasteiger partial charge >= 0.3 is 0 Å². The first kappa shape index (κ1) is 14.5. The summed E-state index contributed by atoms with van der Waals surface area (Å²) in [5.74, 6) is 0. The fourth-order valence-corrected chi connectivity index (χ4v) is 3.20. The molecule has 4 heteroatoms. The molecular formula is C15H19ClN2S. The van der Waals surface area contributed by atoms with Crippen LogP contribution in [-0.2, 0) is 19.6 Å². The molecular weight excluding hydrogens is 276 g/mol. The Morgan fingerprint density at radius 2 is 1.74 bits per heavy atom. The third-order valence-corrected chi connectivity index (χ3v) is 4.13. The van der Waals surface area contributed by atoms with E-state index < -0.39 is 0 Å². The van der Waals surface area contributed by atoms with E-state index >= 15 is 0 Å². The molecule has 2 rings (SSSR count). The molecule has 0 aliphatic rings. The summed E-state index contributed by atoms with van der Waals surface area (Å²) in [4.78, 5) is 3.61. The van der Waals surface area contributed by atoms with Gasteiger partial charge in [-0.1, -0.05) is 35.9 Å². The maximum absolute atomic E-state index is 5.95. The molecule has 0 spiro atoms. The standard InChI is InChI=1S/C15H19ClN2S/c1-17-9-12-3-5-13(6-4-12)10-18(2)11-14-7-8-15(16)19-14/h3-8,17H,9-11H2,1-2H3. The molecule has 2 aromatic rings. The SMILES string of the molecule is CNCc1ccc(CN(C)Cc2ccc(Cl)s2)cc1. The average molecular weight is 295 g/mol. The van der Waals surface area contributed by atoms with E-state index in [1.165, 1.54) is 16.0 Å². The molecule has 0 radical (unpaired) electrons. The van der Waals surface area contributed by atoms with E-state index in [1.54, 1.807) is 11.3 Å². The zero-order chi connectivity index (χ0) is 13.7. The van der Waals surface area contributed by atoms with E-state index in [0.717, 1.165) is 24.0 Å². The highest BCUT2D eigenvalue weighted by Crippen LogP contribution is 2.22. The molecule has 0 saturated heterocycles. The summed E-state index contributed by atoms with van der Waals surface area (Å²) in [5.41, 5.74) is 2.66. The van der Waals surface area contributed by atoms with Gasteiger partial charge in [-0.15, -0.1) is 11.3 Å². The molecule has 1 heterocycles. The molecule has 0 saturated carbocycles. The molecule has 0 aliphatic heterocycles. The summed E-state index contributed by atoms with van der Waals surface area (Å²) in [6.07, 6.45) is 0. The Labute approximate surface area is 124 Å². The van der Waals surface area contributed by atoms with Crippen molar-refractivity contribution in [2.45, 2.75) is 19.6 Å². The van der Waals surface area contributed by atoms with Crippen molar-refractivity contribution in [3.05, 3.63) is 56.7 Å². The number of nitrogens with zero attached hydrogens (tertiary/aromatic N) is 1. The summed E-state index contributed by atoms with van der Waals surface area (Å²) in [5, 5.41) is 3.16. The third-order valence-electron chi connectivity index (χ3n) is 2.91. The van der Waals surface area contributed by atoms with Gasteiger partial charge in [-0.3, -0.25) is 4.90 Å². The van der Waals surface area contributed by atoms with Crippen LogP contribution in [0.4, 0.5) is 0 Å². The first-order chi connectivity index (χ1) is 9.17. The van der Waals surface area contributed by atoms with Gasteiger partial charge in [-0.05, 0) is 37.4 Å². The number of hydrogen-bond donors (Lipinski definition) is 1. The molecule has 0 aliphatic carbocycles. The quantitative estimate of drug-likeness (QED) is 0.873. The molecule has 0 bridgehead atoms. The maximum Gasteiger partial charge on any atom is 0.0931 e. The molecule has 1 N–H and O–H groups in total. The highest BCUT2D eigenvalue weighted by atomic mass is 35.5. The first-order valence-corrected chi connectivity index (χ1v) is 7.52. The summed E-state index contributed by atoms with van der Waals surface area (Å²) >= 11 is 7.60. The van der Waals surface area contributed by atoms with Crippen molar-refractivity contribution in [3.63, 3.8) is 0 Å². The van der Waals surface area contributed by atoms with Crippen molar-refractivity contribution in [1.29, 1.82) is 0 Å². The minimum absolute atomic E-state index is 0.861. The van der Waals surface area contributed by atoms with Gasteiger partial charge in [0.2, 0.25) is 0 Å². The van der Waals surface area contributed by atoms with Crippen LogP contribution >= 0.6 is 22.9 Å². The highest BCUT2D eigenvalue weighted by Gasteiger charge is 2.04. The molecule has 102 valence electrons. The Kier molecular flexibility index (Phi) is 5.40. The zero-order valence-electron chi connectivity index (χ0n) is 11.3. The number of hydrogen-bond acceptors (Lipinski definition) is 3. The van der Waals surface area contributed by atoms with Crippen LogP contribution in [0.3, 0.4) is 0 Å². The monoisotopic (exact) mass is 294 g/mol. The Balaban J connectivity index is 1.89. The van der Waals surface area contributed by atoms with Crippen LogP contribution in [0.1, 0.15) is 16.0 Å². The van der Waals surface area contributed by atoms with Crippen LogP contribution < -0.4 is 5.32 Å². The zero-order valence-corrected chi connectivity index (χ0v) is 12.9. The predicted molar refractivity (Wildman–Crippen MR) is 83.7 cm³/mol. The summed E-state index contributed by atoms with van der Waals surface area (Å²) in [6.45, 7) is 2.81. The topological polar surface area (TPSA) is 15.3 Å². The van der Waals surface area contributed by atoms with Gasteiger partial charge in [0.15, 0.2) is 0 Å². The van der Waals surface area contributed by atoms with E-state index in [-0.39, 0.29) is 0 Å². The van der Waals surface area contributed by atoms with Crippen LogP contribution in [0.2, 0.25) is 4.34 Å². The lowest BCUT2D eigenvalue weighted by Crippen LogP contribution is -2.16. The Bertz CT molecular complexity index is 507. The largest absolute Gasteiger partial charge is 0.316 e. The number of halogens is 1. The number of thiophene rings is 1. The fraction of sp³-hybridized carbons (Fsp3) is 0.333. The fourth-order valence-electron chi connectivity index (χ4n) is 2.04. The second kappa shape index (κ2) is 7.06. The minimum Gasteiger partial charge on any atom is -0.316 e. The van der Waals surface area contributed by atoms with E-state index in [9.17, 15) is 0 Å². The normalized spacial score (nSPS) is 11.2. The van der Waals surface area contributed by atoms with E-state index in [1.807, 2.05) is 13.1 Å². The summed E-state index contributed by atoms with van der Waals surface area (Å²) < 4.78 is 0.861. The van der Waals surface area contributed by atoms with Gasteiger partial charge in [-0.2, -0.15) is 0 Å². The number of nitrogens with one attached hydrogen (secondary N) is 1. The van der Waals surface area contributed by atoms with Crippen molar-refractivity contribution in [2.24, 2.45) is 0 Å². The van der Waals surface area contributed by atoms with E-state index in [2.05, 4.69) is 47.6 Å². The van der Waals surface area contributed by atoms with Crippen LogP contribution in [0, 0.1) is 0 Å². The van der Waals surface area contributed by atoms with Crippen LogP contribution in [0.5, 0.6) is 0 Å². The van der Waals surface area contributed by atoms with Crippen LogP contribution in [0.15, 0.2) is 36.4 Å². The lowest BCUT2D eigenvalue weighted by Gasteiger charge is -2.16. The van der Waals surface area contributed by atoms with Crippen LogP contribution in [-0.4, -0.2) is 19.0 Å². The Hall–Kier alpha value is -0.870. The second-order valence-electron chi connectivity index (χ2n) is 4.72. The van der Waals surface area contributed by atoms with Crippen molar-refractivity contribution in [2.75, 3.05) is 14.1 Å². The molecule has 1 aromatic carbocycles. The van der Waals surface area contributed by atoms with Gasteiger partial charge in [0.25, 0.3) is 0 Å². The molecule has 0 unspecified atom stereocenters. The Morgan fingerprint density at radius 1 is 1.05 bits per heavy atom. The Morgan fingerprint density at radius 3 is 2.32 bits per heavy atom. The summed E-state index contributed by atoms with van der Waals surface area (Å²) in [7, 11) is 4.10. The van der Waals surface area contributed by atoms with Crippen molar-refractivity contribution >= 4 is 22.9 Å². The number of benzene rings is 1. The second-order valence-corrected chi connectivity index (χ2v) is 6.52. The van der Waals surface area contributed by atoms with Gasteiger partial charge < -0.3 is 5.32 Å². The molecule has 2 nitrogen and oxygen atoms in total. The predicted octanol–water partition coefficient (Wildman–Crippen LogP) is 3.75. The molecule has 0 amide bonds. The smallest absolute Gasteiger partial charge is 0.0931 e. The van der Waals surface area contributed by atoms with Gasteiger partial charge in [0.1, 0.15) is 0 Å². The van der Waals surface area contributed by atoms with Gasteiger partial charge in [0.05, 0.1) is 4.34 Å². The lowest BCUT2D eigenvalue weighted by molar-refractivity contribution is 0.322. The number of rotatable bonds is 6. The highest BCUT2D eigenvalue weighted by molar-refractivity contribution is 7.16. The van der Waals surface area contributed by atoms with Gasteiger partial charge in [-0.25, -0.2) is 0 Å².